The number of aromatic nitrogens is 1. The molecule has 2 heterocycles. The van der Waals surface area contributed by atoms with E-state index in [1.165, 1.54) is 0 Å². The largest absolute Gasteiger partial charge is 0.360 e. The minimum absolute atomic E-state index is 0.105. The van der Waals surface area contributed by atoms with Gasteiger partial charge < -0.3 is 19.6 Å². The highest BCUT2D eigenvalue weighted by Crippen LogP contribution is 2.21. The zero-order valence-electron chi connectivity index (χ0n) is 13.2. The second-order valence-corrected chi connectivity index (χ2v) is 6.10. The smallest absolute Gasteiger partial charge is 0.321 e. The lowest BCUT2D eigenvalue weighted by molar-refractivity contribution is 0.208. The van der Waals surface area contributed by atoms with Gasteiger partial charge in [0.05, 0.1) is 0 Å². The lowest BCUT2D eigenvalue weighted by atomic mass is 10.2. The molecule has 7 heteroatoms. The van der Waals surface area contributed by atoms with Gasteiger partial charge in [0, 0.05) is 43.0 Å². The van der Waals surface area contributed by atoms with Gasteiger partial charge in [-0.3, -0.25) is 0 Å². The molecular formula is C16H19ClN4O2. The number of halogens is 1. The molecule has 1 N–H and O–H groups in total. The van der Waals surface area contributed by atoms with Crippen LogP contribution in [-0.2, 0) is 0 Å². The number of benzene rings is 1. The van der Waals surface area contributed by atoms with Crippen LogP contribution in [-0.4, -0.2) is 42.3 Å². The number of urea groups is 1. The van der Waals surface area contributed by atoms with Gasteiger partial charge in [-0.1, -0.05) is 22.8 Å². The van der Waals surface area contributed by atoms with Crippen LogP contribution in [0.5, 0.6) is 0 Å². The average Bonchev–Trinajstić information content (AvgIpc) is 2.97. The summed E-state index contributed by atoms with van der Waals surface area (Å²) in [4.78, 5) is 16.3. The fourth-order valence-corrected chi connectivity index (χ4v) is 2.74. The Morgan fingerprint density at radius 3 is 2.61 bits per heavy atom. The molecule has 1 aliphatic rings. The Morgan fingerprint density at radius 2 is 1.96 bits per heavy atom. The number of anilines is 2. The van der Waals surface area contributed by atoms with E-state index in [9.17, 15) is 4.79 Å². The number of piperazine rings is 1. The van der Waals surface area contributed by atoms with Crippen molar-refractivity contribution < 1.29 is 9.32 Å². The number of nitrogens with zero attached hydrogens (tertiary/aromatic N) is 3. The van der Waals surface area contributed by atoms with Crippen LogP contribution in [0.1, 0.15) is 11.3 Å². The summed E-state index contributed by atoms with van der Waals surface area (Å²) >= 11 is 5.99. The Balaban J connectivity index is 1.59. The highest BCUT2D eigenvalue weighted by Gasteiger charge is 2.23. The third-order valence-electron chi connectivity index (χ3n) is 3.95. The third-order valence-corrected chi connectivity index (χ3v) is 4.18. The van der Waals surface area contributed by atoms with E-state index >= 15 is 0 Å². The number of amides is 2. The molecule has 0 atom stereocenters. The maximum atomic E-state index is 12.4. The van der Waals surface area contributed by atoms with Crippen molar-refractivity contribution in [1.82, 2.24) is 10.1 Å². The molecule has 0 aliphatic carbocycles. The van der Waals surface area contributed by atoms with E-state index in [4.69, 9.17) is 16.1 Å². The predicted octanol–water partition coefficient (Wildman–Crippen LogP) is 3.30. The summed E-state index contributed by atoms with van der Waals surface area (Å²) < 4.78 is 5.10. The monoisotopic (exact) mass is 334 g/mol. The van der Waals surface area contributed by atoms with E-state index in [0.29, 0.717) is 18.1 Å². The Hall–Kier alpha value is -2.21. The van der Waals surface area contributed by atoms with Crippen molar-refractivity contribution in [1.29, 1.82) is 0 Å². The molecule has 3 rings (SSSR count). The van der Waals surface area contributed by atoms with Crippen molar-refractivity contribution in [3.05, 3.63) is 40.6 Å². The van der Waals surface area contributed by atoms with E-state index in [0.717, 1.165) is 35.9 Å². The topological polar surface area (TPSA) is 61.6 Å². The SMILES string of the molecule is Cc1cc(N2CCN(C(=O)Nc3cc(Cl)ccc3C)CC2)no1. The quantitative estimate of drug-likeness (QED) is 0.915. The van der Waals surface area contributed by atoms with Crippen molar-refractivity contribution in [3.8, 4) is 0 Å². The summed E-state index contributed by atoms with van der Waals surface area (Å²) in [6.45, 7) is 6.54. The standard InChI is InChI=1S/C16H19ClN4O2/c1-11-3-4-13(17)10-14(11)18-16(22)21-7-5-20(6-8-21)15-9-12(2)23-19-15/h3-4,9-10H,5-8H2,1-2H3,(H,18,22). The van der Waals surface area contributed by atoms with E-state index in [1.807, 2.05) is 32.0 Å². The van der Waals surface area contributed by atoms with Gasteiger partial charge in [-0.2, -0.15) is 0 Å². The number of carbonyl (C=O) groups excluding carboxylic acids is 1. The molecule has 1 saturated heterocycles. The molecule has 23 heavy (non-hydrogen) atoms. The van der Waals surface area contributed by atoms with Gasteiger partial charge in [-0.25, -0.2) is 4.79 Å². The van der Waals surface area contributed by atoms with E-state index in [1.54, 1.807) is 11.0 Å². The Bertz CT molecular complexity index is 708. The molecule has 1 fully saturated rings. The number of hydrogen-bond acceptors (Lipinski definition) is 4. The van der Waals surface area contributed by atoms with Gasteiger partial charge in [0.2, 0.25) is 0 Å². The fraction of sp³-hybridized carbons (Fsp3) is 0.375. The summed E-state index contributed by atoms with van der Waals surface area (Å²) in [5.74, 6) is 1.62. The predicted molar refractivity (Wildman–Crippen MR) is 90.2 cm³/mol. The molecule has 1 aromatic heterocycles. The van der Waals surface area contributed by atoms with Crippen LogP contribution in [0.4, 0.5) is 16.3 Å². The molecule has 1 aromatic carbocycles. The van der Waals surface area contributed by atoms with Crippen molar-refractivity contribution in [2.75, 3.05) is 36.4 Å². The van der Waals surface area contributed by atoms with Gasteiger partial charge in [0.25, 0.3) is 0 Å². The van der Waals surface area contributed by atoms with Gasteiger partial charge in [-0.15, -0.1) is 0 Å². The maximum absolute atomic E-state index is 12.4. The van der Waals surface area contributed by atoms with Crippen molar-refractivity contribution >= 4 is 29.1 Å². The summed E-state index contributed by atoms with van der Waals surface area (Å²) in [7, 11) is 0. The minimum atomic E-state index is -0.105. The summed E-state index contributed by atoms with van der Waals surface area (Å²) in [6, 6.07) is 7.27. The third kappa shape index (κ3) is 3.59. The first-order valence-corrected chi connectivity index (χ1v) is 7.91. The molecule has 0 radical (unpaired) electrons. The van der Waals surface area contributed by atoms with Gasteiger partial charge >= 0.3 is 6.03 Å². The van der Waals surface area contributed by atoms with Crippen LogP contribution in [0.15, 0.2) is 28.8 Å². The first-order valence-electron chi connectivity index (χ1n) is 7.53. The van der Waals surface area contributed by atoms with Crippen LogP contribution >= 0.6 is 11.6 Å². The Kier molecular flexibility index (Phi) is 4.43. The minimum Gasteiger partial charge on any atom is -0.360 e. The number of nitrogens with one attached hydrogen (secondary N) is 1. The van der Waals surface area contributed by atoms with Gasteiger partial charge in [-0.05, 0) is 31.5 Å². The van der Waals surface area contributed by atoms with Gasteiger partial charge in [0.1, 0.15) is 5.76 Å². The first kappa shape index (κ1) is 15.7. The van der Waals surface area contributed by atoms with Crippen molar-refractivity contribution in [2.45, 2.75) is 13.8 Å². The number of rotatable bonds is 2. The second-order valence-electron chi connectivity index (χ2n) is 5.66. The average molecular weight is 335 g/mol. The molecule has 1 aliphatic heterocycles. The highest BCUT2D eigenvalue weighted by molar-refractivity contribution is 6.31. The Labute approximate surface area is 140 Å². The Morgan fingerprint density at radius 1 is 1.22 bits per heavy atom. The molecule has 6 nitrogen and oxygen atoms in total. The van der Waals surface area contributed by atoms with Crippen molar-refractivity contribution in [2.24, 2.45) is 0 Å². The van der Waals surface area contributed by atoms with Crippen LogP contribution in [0.3, 0.4) is 0 Å². The van der Waals surface area contributed by atoms with Crippen LogP contribution < -0.4 is 10.2 Å². The lowest BCUT2D eigenvalue weighted by Crippen LogP contribution is -2.50. The van der Waals surface area contributed by atoms with Gasteiger partial charge in [0.15, 0.2) is 5.82 Å². The van der Waals surface area contributed by atoms with Crippen LogP contribution in [0, 0.1) is 13.8 Å². The van der Waals surface area contributed by atoms with Crippen LogP contribution in [0.25, 0.3) is 0 Å². The molecule has 2 aromatic rings. The second kappa shape index (κ2) is 6.50. The van der Waals surface area contributed by atoms with E-state index in [2.05, 4.69) is 15.4 Å². The number of hydrogen-bond donors (Lipinski definition) is 1. The summed E-state index contributed by atoms with van der Waals surface area (Å²) in [5.41, 5.74) is 1.73. The molecule has 0 unspecified atom stereocenters. The highest BCUT2D eigenvalue weighted by atomic mass is 35.5. The van der Waals surface area contributed by atoms with E-state index in [-0.39, 0.29) is 6.03 Å². The summed E-state index contributed by atoms with van der Waals surface area (Å²) in [5, 5.41) is 7.55. The molecule has 0 saturated carbocycles. The molecule has 0 bridgehead atoms. The van der Waals surface area contributed by atoms with Crippen LogP contribution in [0.2, 0.25) is 5.02 Å². The zero-order chi connectivity index (χ0) is 16.4. The molecule has 0 spiro atoms. The number of aryl methyl sites for hydroxylation is 2. The summed E-state index contributed by atoms with van der Waals surface area (Å²) in [6.07, 6.45) is 0. The maximum Gasteiger partial charge on any atom is 0.321 e. The molecule has 2 amide bonds. The fourth-order valence-electron chi connectivity index (χ4n) is 2.56. The first-order chi connectivity index (χ1) is 11.0. The lowest BCUT2D eigenvalue weighted by Gasteiger charge is -2.34. The molecule has 122 valence electrons. The molecular weight excluding hydrogens is 316 g/mol. The normalized spacial score (nSPS) is 14.9. The van der Waals surface area contributed by atoms with Crippen molar-refractivity contribution in [3.63, 3.8) is 0 Å². The van der Waals surface area contributed by atoms with E-state index < -0.39 is 0 Å². The zero-order valence-corrected chi connectivity index (χ0v) is 13.9. The number of carbonyl (C=O) groups is 1.